The van der Waals surface area contributed by atoms with Crippen LogP contribution in [0.1, 0.15) is 16.7 Å². The standard InChI is InChI=1S/C13H18N2O4S/c1-9-3-4-10(20-9)5-14-12(18)15-7-13(2,8-15)19-6-11(16)17/h3-4H,5-8H2,1-2H3,(H,14,18)(H,16,17). The second kappa shape index (κ2) is 5.80. The number of carboxylic acids is 1. The summed E-state index contributed by atoms with van der Waals surface area (Å²) >= 11 is 1.65. The van der Waals surface area contributed by atoms with Crippen molar-refractivity contribution >= 4 is 23.3 Å². The molecule has 0 atom stereocenters. The SMILES string of the molecule is Cc1ccc(CNC(=O)N2CC(C)(OCC(=O)O)C2)s1. The van der Waals surface area contributed by atoms with Crippen molar-refractivity contribution in [2.75, 3.05) is 19.7 Å². The lowest BCUT2D eigenvalue weighted by molar-refractivity contribution is -0.159. The zero-order valence-corrected chi connectivity index (χ0v) is 12.3. The van der Waals surface area contributed by atoms with E-state index in [1.165, 1.54) is 4.88 Å². The molecule has 0 radical (unpaired) electrons. The molecule has 6 nitrogen and oxygen atoms in total. The van der Waals surface area contributed by atoms with Crippen molar-refractivity contribution in [3.8, 4) is 0 Å². The lowest BCUT2D eigenvalue weighted by atomic mass is 9.97. The third kappa shape index (κ3) is 3.71. The van der Waals surface area contributed by atoms with Crippen LogP contribution >= 0.6 is 11.3 Å². The van der Waals surface area contributed by atoms with E-state index >= 15 is 0 Å². The monoisotopic (exact) mass is 298 g/mol. The van der Waals surface area contributed by atoms with Crippen molar-refractivity contribution < 1.29 is 19.4 Å². The van der Waals surface area contributed by atoms with E-state index in [9.17, 15) is 9.59 Å². The van der Waals surface area contributed by atoms with Crippen molar-refractivity contribution in [2.45, 2.75) is 26.0 Å². The molecule has 0 unspecified atom stereocenters. The minimum absolute atomic E-state index is 0.146. The number of aryl methyl sites for hydroxylation is 1. The summed E-state index contributed by atoms with van der Waals surface area (Å²) in [6.07, 6.45) is 0. The van der Waals surface area contributed by atoms with E-state index in [1.807, 2.05) is 26.0 Å². The van der Waals surface area contributed by atoms with Crippen molar-refractivity contribution in [2.24, 2.45) is 0 Å². The van der Waals surface area contributed by atoms with Gasteiger partial charge in [0.1, 0.15) is 12.2 Å². The van der Waals surface area contributed by atoms with Gasteiger partial charge in [-0.05, 0) is 26.0 Å². The molecule has 0 spiro atoms. The number of thiophene rings is 1. The summed E-state index contributed by atoms with van der Waals surface area (Å²) in [4.78, 5) is 26.3. The molecule has 1 aliphatic heterocycles. The smallest absolute Gasteiger partial charge is 0.329 e. The molecule has 7 heteroatoms. The number of likely N-dealkylation sites (tertiary alicyclic amines) is 1. The summed E-state index contributed by atoms with van der Waals surface area (Å²) in [5.41, 5.74) is -0.546. The molecule has 2 heterocycles. The van der Waals surface area contributed by atoms with Gasteiger partial charge in [0, 0.05) is 9.75 Å². The summed E-state index contributed by atoms with van der Waals surface area (Å²) in [7, 11) is 0. The van der Waals surface area contributed by atoms with Gasteiger partial charge in [0.2, 0.25) is 0 Å². The van der Waals surface area contributed by atoms with Crippen molar-refractivity contribution in [1.82, 2.24) is 10.2 Å². The van der Waals surface area contributed by atoms with Gasteiger partial charge in [-0.2, -0.15) is 0 Å². The van der Waals surface area contributed by atoms with Gasteiger partial charge in [0.05, 0.1) is 19.6 Å². The van der Waals surface area contributed by atoms with Gasteiger partial charge in [0.15, 0.2) is 0 Å². The highest BCUT2D eigenvalue weighted by atomic mass is 32.1. The predicted octanol–water partition coefficient (Wildman–Crippen LogP) is 1.44. The number of carbonyl (C=O) groups is 2. The highest BCUT2D eigenvalue weighted by Gasteiger charge is 2.42. The number of ether oxygens (including phenoxy) is 1. The first-order chi connectivity index (χ1) is 9.38. The molecule has 2 rings (SSSR count). The first-order valence-corrected chi connectivity index (χ1v) is 7.13. The van der Waals surface area contributed by atoms with Crippen molar-refractivity contribution in [1.29, 1.82) is 0 Å². The summed E-state index contributed by atoms with van der Waals surface area (Å²) in [6, 6.07) is 3.87. The Bertz CT molecular complexity index is 508. The van der Waals surface area contributed by atoms with E-state index in [4.69, 9.17) is 9.84 Å². The molecule has 1 aliphatic rings. The second-order valence-electron chi connectivity index (χ2n) is 5.16. The third-order valence-electron chi connectivity index (χ3n) is 3.09. The molecule has 0 aromatic carbocycles. The Balaban J connectivity index is 1.72. The molecule has 0 bridgehead atoms. The Hall–Kier alpha value is -1.60. The molecule has 1 aromatic rings. The number of aliphatic carboxylic acids is 1. The van der Waals surface area contributed by atoms with Gasteiger partial charge in [-0.1, -0.05) is 0 Å². The van der Waals surface area contributed by atoms with Crippen LogP contribution in [0, 0.1) is 6.92 Å². The summed E-state index contributed by atoms with van der Waals surface area (Å²) < 4.78 is 5.25. The lowest BCUT2D eigenvalue weighted by Gasteiger charge is -2.46. The number of urea groups is 1. The minimum Gasteiger partial charge on any atom is -0.480 e. The molecule has 0 saturated carbocycles. The van der Waals surface area contributed by atoms with Crippen LogP contribution in [-0.2, 0) is 16.1 Å². The van der Waals surface area contributed by atoms with Crippen LogP contribution in [0.25, 0.3) is 0 Å². The van der Waals surface area contributed by atoms with Crippen molar-refractivity contribution in [3.63, 3.8) is 0 Å². The molecule has 110 valence electrons. The van der Waals surface area contributed by atoms with E-state index in [1.54, 1.807) is 16.2 Å². The number of hydrogen-bond donors (Lipinski definition) is 2. The third-order valence-corrected chi connectivity index (χ3v) is 4.09. The van der Waals surface area contributed by atoms with Crippen LogP contribution in [0.4, 0.5) is 4.79 Å². The van der Waals surface area contributed by atoms with E-state index in [2.05, 4.69) is 5.32 Å². The maximum Gasteiger partial charge on any atom is 0.329 e. The van der Waals surface area contributed by atoms with Gasteiger partial charge in [0.25, 0.3) is 0 Å². The predicted molar refractivity (Wildman–Crippen MR) is 74.9 cm³/mol. The summed E-state index contributed by atoms with van der Waals surface area (Å²) in [5.74, 6) is -0.998. The molecular formula is C13H18N2O4S. The molecule has 2 amide bonds. The zero-order valence-electron chi connectivity index (χ0n) is 11.5. The van der Waals surface area contributed by atoms with E-state index in [-0.39, 0.29) is 12.6 Å². The number of nitrogens with one attached hydrogen (secondary N) is 1. The number of carboxylic acid groups (broad SMARTS) is 1. The first-order valence-electron chi connectivity index (χ1n) is 6.32. The normalized spacial score (nSPS) is 16.6. The highest BCUT2D eigenvalue weighted by Crippen LogP contribution is 2.24. The number of rotatable bonds is 5. The van der Waals surface area contributed by atoms with Gasteiger partial charge in [-0.3, -0.25) is 0 Å². The Morgan fingerprint density at radius 2 is 2.20 bits per heavy atom. The molecule has 1 saturated heterocycles. The molecule has 20 heavy (non-hydrogen) atoms. The van der Waals surface area contributed by atoms with Crippen LogP contribution in [0.2, 0.25) is 0 Å². The fourth-order valence-corrected chi connectivity index (χ4v) is 2.92. The van der Waals surface area contributed by atoms with Crippen LogP contribution in [0.3, 0.4) is 0 Å². The van der Waals surface area contributed by atoms with Crippen LogP contribution < -0.4 is 5.32 Å². The average molecular weight is 298 g/mol. The lowest BCUT2D eigenvalue weighted by Crippen LogP contribution is -2.65. The van der Waals surface area contributed by atoms with E-state index in [0.29, 0.717) is 19.6 Å². The van der Waals surface area contributed by atoms with Gasteiger partial charge >= 0.3 is 12.0 Å². The summed E-state index contributed by atoms with van der Waals surface area (Å²) in [6.45, 7) is 4.84. The Morgan fingerprint density at radius 1 is 1.50 bits per heavy atom. The molecule has 1 aromatic heterocycles. The first kappa shape index (κ1) is 14.8. The molecule has 0 aliphatic carbocycles. The maximum absolute atomic E-state index is 11.9. The van der Waals surface area contributed by atoms with Gasteiger partial charge in [-0.25, -0.2) is 9.59 Å². The minimum atomic E-state index is -0.998. The number of carbonyl (C=O) groups excluding carboxylic acids is 1. The maximum atomic E-state index is 11.9. The van der Waals surface area contributed by atoms with Crippen LogP contribution in [0.5, 0.6) is 0 Å². The van der Waals surface area contributed by atoms with Gasteiger partial charge < -0.3 is 20.1 Å². The fraction of sp³-hybridized carbons (Fsp3) is 0.538. The Kier molecular flexibility index (Phi) is 4.29. The molecular weight excluding hydrogens is 280 g/mol. The molecule has 1 fully saturated rings. The zero-order chi connectivity index (χ0) is 14.8. The number of hydrogen-bond acceptors (Lipinski definition) is 4. The van der Waals surface area contributed by atoms with Crippen LogP contribution in [-0.4, -0.2) is 47.3 Å². The van der Waals surface area contributed by atoms with E-state index < -0.39 is 11.6 Å². The number of nitrogens with zero attached hydrogens (tertiary/aromatic N) is 1. The Labute approximate surface area is 121 Å². The van der Waals surface area contributed by atoms with Crippen molar-refractivity contribution in [3.05, 3.63) is 21.9 Å². The second-order valence-corrected chi connectivity index (χ2v) is 6.53. The Morgan fingerprint density at radius 3 is 2.75 bits per heavy atom. The molecule has 2 N–H and O–H groups in total. The fourth-order valence-electron chi connectivity index (χ4n) is 2.09. The van der Waals surface area contributed by atoms with Crippen LogP contribution in [0.15, 0.2) is 12.1 Å². The number of amides is 2. The van der Waals surface area contributed by atoms with Gasteiger partial charge in [-0.15, -0.1) is 11.3 Å². The van der Waals surface area contributed by atoms with E-state index in [0.717, 1.165) is 4.88 Å². The average Bonchev–Trinajstić information content (AvgIpc) is 2.76. The largest absolute Gasteiger partial charge is 0.480 e. The quantitative estimate of drug-likeness (QED) is 0.862. The topological polar surface area (TPSA) is 78.9 Å². The summed E-state index contributed by atoms with van der Waals surface area (Å²) in [5, 5.41) is 11.4. The highest BCUT2D eigenvalue weighted by molar-refractivity contribution is 7.11.